The molecule has 190 valence electrons. The molecule has 1 aromatic carbocycles. The van der Waals surface area contributed by atoms with Crippen LogP contribution in [0.25, 0.3) is 0 Å². The lowest BCUT2D eigenvalue weighted by molar-refractivity contribution is -0.200. The van der Waals surface area contributed by atoms with Crippen LogP contribution in [0, 0.1) is 0 Å². The maximum Gasteiger partial charge on any atom is 0.425 e. The van der Waals surface area contributed by atoms with E-state index in [0.29, 0.717) is 30.8 Å². The van der Waals surface area contributed by atoms with Crippen LogP contribution in [-0.4, -0.2) is 84.2 Å². The summed E-state index contributed by atoms with van der Waals surface area (Å²) in [6, 6.07) is 4.75. The number of piperazine rings is 1. The molecule has 2 aliphatic rings. The van der Waals surface area contributed by atoms with E-state index < -0.39 is 35.6 Å². The molecule has 2 saturated heterocycles. The number of halogens is 4. The molecule has 0 radical (unpaired) electrons. The summed E-state index contributed by atoms with van der Waals surface area (Å²) >= 11 is 0. The minimum absolute atomic E-state index is 0.116. The number of nitrogens with zero attached hydrogens (tertiary/aromatic N) is 2. The lowest BCUT2D eigenvalue weighted by Gasteiger charge is -2.36. The summed E-state index contributed by atoms with van der Waals surface area (Å²) in [4.78, 5) is 26.6. The van der Waals surface area contributed by atoms with Crippen molar-refractivity contribution in [3.05, 3.63) is 29.3 Å². The number of carbonyl (C=O) groups is 2. The van der Waals surface area contributed by atoms with Crippen molar-refractivity contribution >= 4 is 12.1 Å². The van der Waals surface area contributed by atoms with Gasteiger partial charge in [-0.3, -0.25) is 4.90 Å². The predicted octanol–water partition coefficient (Wildman–Crippen LogP) is 3.33. The number of amides is 1. The third-order valence-corrected chi connectivity index (χ3v) is 5.81. The van der Waals surface area contributed by atoms with Crippen LogP contribution in [0.5, 0.6) is 5.75 Å². The van der Waals surface area contributed by atoms with Gasteiger partial charge in [0.05, 0.1) is 13.2 Å². The Hall–Kier alpha value is -2.60. The first kappa shape index (κ1) is 26.0. The maximum atomic E-state index is 15.0. The van der Waals surface area contributed by atoms with E-state index in [4.69, 9.17) is 9.47 Å². The highest BCUT2D eigenvalue weighted by Crippen LogP contribution is 2.37. The van der Waals surface area contributed by atoms with Crippen LogP contribution in [-0.2, 0) is 26.5 Å². The van der Waals surface area contributed by atoms with Crippen LogP contribution >= 0.6 is 0 Å². The van der Waals surface area contributed by atoms with E-state index in [-0.39, 0.29) is 32.1 Å². The van der Waals surface area contributed by atoms with Gasteiger partial charge in [-0.15, -0.1) is 0 Å². The summed E-state index contributed by atoms with van der Waals surface area (Å²) in [6.45, 7) is 4.71. The van der Waals surface area contributed by atoms with Gasteiger partial charge in [-0.2, -0.15) is 13.2 Å². The van der Waals surface area contributed by atoms with Crippen molar-refractivity contribution in [3.8, 4) is 5.75 Å². The minimum Gasteiger partial charge on any atom is -0.478 e. The van der Waals surface area contributed by atoms with Crippen molar-refractivity contribution in [2.45, 2.75) is 50.9 Å². The fourth-order valence-corrected chi connectivity index (χ4v) is 3.50. The first-order valence-electron chi connectivity index (χ1n) is 10.8. The fourth-order valence-electron chi connectivity index (χ4n) is 3.50. The number of benzene rings is 1. The van der Waals surface area contributed by atoms with Gasteiger partial charge in [0.25, 0.3) is 0 Å². The number of carboxylic acid groups (broad SMARTS) is 1. The van der Waals surface area contributed by atoms with Crippen molar-refractivity contribution in [2.75, 3.05) is 39.4 Å². The van der Waals surface area contributed by atoms with Crippen LogP contribution in [0.4, 0.5) is 22.4 Å². The summed E-state index contributed by atoms with van der Waals surface area (Å²) in [7, 11) is 0. The minimum atomic E-state index is -4.63. The van der Waals surface area contributed by atoms with Gasteiger partial charge < -0.3 is 24.2 Å². The quantitative estimate of drug-likeness (QED) is 0.584. The van der Waals surface area contributed by atoms with E-state index in [1.807, 2.05) is 4.90 Å². The van der Waals surface area contributed by atoms with Crippen LogP contribution in [0.15, 0.2) is 18.2 Å². The van der Waals surface area contributed by atoms with E-state index in [2.05, 4.69) is 4.74 Å². The third kappa shape index (κ3) is 6.09. The molecule has 1 amide bonds. The molecule has 1 unspecified atom stereocenters. The monoisotopic (exact) mass is 492 g/mol. The largest absolute Gasteiger partial charge is 0.478 e. The zero-order valence-electron chi connectivity index (χ0n) is 19.2. The maximum absolute atomic E-state index is 15.0. The molecule has 2 aliphatic heterocycles. The molecule has 0 aliphatic carbocycles. The van der Waals surface area contributed by atoms with E-state index in [1.54, 1.807) is 12.1 Å². The Bertz CT molecular complexity index is 911. The summed E-state index contributed by atoms with van der Waals surface area (Å²) in [5.74, 6) is -0.976. The predicted molar refractivity (Wildman–Crippen MR) is 111 cm³/mol. The van der Waals surface area contributed by atoms with Crippen LogP contribution in [0.2, 0.25) is 0 Å². The summed E-state index contributed by atoms with van der Waals surface area (Å²) in [5.41, 5.74) is -2.25. The highest BCUT2D eigenvalue weighted by atomic mass is 19.4. The second kappa shape index (κ2) is 9.57. The molecule has 3 rings (SSSR count). The van der Waals surface area contributed by atoms with Crippen molar-refractivity contribution < 1.29 is 46.5 Å². The van der Waals surface area contributed by atoms with Crippen molar-refractivity contribution in [1.82, 2.24) is 9.80 Å². The number of rotatable bonds is 7. The molecule has 8 nitrogen and oxygen atoms in total. The number of carbonyl (C=O) groups excluding carboxylic acids is 1. The molecule has 2 heterocycles. The standard InChI is InChI=1S/C22H28F4N2O6/c1-14(22(24,25)26)33-19(31)28-6-4-27(5-7-28)11-15-8-16(21(23)12-32-13-21)10-17(9-15)34-20(2,3)18(29)30/h8-10,14H,4-7,11-13H2,1-3H3,(H,29,30). The normalized spacial score (nSPS) is 19.8. The van der Waals surface area contributed by atoms with E-state index in [9.17, 15) is 27.9 Å². The van der Waals surface area contributed by atoms with Gasteiger partial charge in [-0.25, -0.2) is 14.0 Å². The molecule has 0 spiro atoms. The number of hydrogen-bond donors (Lipinski definition) is 1. The van der Waals surface area contributed by atoms with E-state index in [1.165, 1.54) is 24.8 Å². The van der Waals surface area contributed by atoms with Crippen molar-refractivity contribution in [1.29, 1.82) is 0 Å². The Labute approximate surface area is 194 Å². The highest BCUT2D eigenvalue weighted by molar-refractivity contribution is 5.76. The Kier molecular flexibility index (Phi) is 7.32. The lowest BCUT2D eigenvalue weighted by atomic mass is 9.92. The van der Waals surface area contributed by atoms with Gasteiger partial charge in [0.1, 0.15) is 5.75 Å². The molecule has 1 N–H and O–H groups in total. The van der Waals surface area contributed by atoms with Crippen LogP contribution in [0.1, 0.15) is 31.9 Å². The molecular formula is C22H28F4N2O6. The van der Waals surface area contributed by atoms with E-state index >= 15 is 4.39 Å². The first-order chi connectivity index (χ1) is 15.7. The Morgan fingerprint density at radius 2 is 1.76 bits per heavy atom. The summed E-state index contributed by atoms with van der Waals surface area (Å²) in [5, 5.41) is 9.36. The first-order valence-corrected chi connectivity index (χ1v) is 10.8. The molecule has 1 aromatic rings. The third-order valence-electron chi connectivity index (χ3n) is 5.81. The molecule has 0 aromatic heterocycles. The molecule has 1 atom stereocenters. The second-order valence-electron chi connectivity index (χ2n) is 9.07. The number of ether oxygens (including phenoxy) is 3. The van der Waals surface area contributed by atoms with E-state index in [0.717, 1.165) is 6.92 Å². The molecule has 0 saturated carbocycles. The SMILES string of the molecule is CC(OC(=O)N1CCN(Cc2cc(OC(C)(C)C(=O)O)cc(C3(F)COC3)c2)CC1)C(F)(F)F. The Morgan fingerprint density at radius 1 is 1.15 bits per heavy atom. The smallest absolute Gasteiger partial charge is 0.425 e. The van der Waals surface area contributed by atoms with Gasteiger partial charge in [0.15, 0.2) is 17.4 Å². The molecule has 12 heteroatoms. The van der Waals surface area contributed by atoms with Crippen LogP contribution in [0.3, 0.4) is 0 Å². The average Bonchev–Trinajstić information content (AvgIpc) is 2.71. The van der Waals surface area contributed by atoms with Gasteiger partial charge >= 0.3 is 18.2 Å². The lowest BCUT2D eigenvalue weighted by Crippen LogP contribution is -2.49. The number of alkyl halides is 4. The average molecular weight is 492 g/mol. The summed E-state index contributed by atoms with van der Waals surface area (Å²) < 4.78 is 68.0. The fraction of sp³-hybridized carbons (Fsp3) is 0.636. The highest BCUT2D eigenvalue weighted by Gasteiger charge is 2.42. The summed E-state index contributed by atoms with van der Waals surface area (Å²) in [6.07, 6.45) is -7.85. The molecule has 34 heavy (non-hydrogen) atoms. The zero-order chi connectivity index (χ0) is 25.3. The van der Waals surface area contributed by atoms with Crippen LogP contribution < -0.4 is 4.74 Å². The van der Waals surface area contributed by atoms with Crippen molar-refractivity contribution in [2.24, 2.45) is 0 Å². The Balaban J connectivity index is 1.67. The topological polar surface area (TPSA) is 88.5 Å². The number of aliphatic carboxylic acids is 1. The zero-order valence-corrected chi connectivity index (χ0v) is 19.2. The van der Waals surface area contributed by atoms with Gasteiger partial charge in [-0.05, 0) is 44.0 Å². The molecular weight excluding hydrogens is 464 g/mol. The Morgan fingerprint density at radius 3 is 2.26 bits per heavy atom. The number of carboxylic acids is 1. The van der Waals surface area contributed by atoms with Gasteiger partial charge in [0, 0.05) is 32.7 Å². The van der Waals surface area contributed by atoms with Crippen molar-refractivity contribution in [3.63, 3.8) is 0 Å². The second-order valence-corrected chi connectivity index (χ2v) is 9.07. The van der Waals surface area contributed by atoms with Gasteiger partial charge in [0.2, 0.25) is 0 Å². The van der Waals surface area contributed by atoms with Gasteiger partial charge in [-0.1, -0.05) is 6.07 Å². The molecule has 2 fully saturated rings. The number of hydrogen-bond acceptors (Lipinski definition) is 6. The molecule has 0 bridgehead atoms.